The van der Waals surface area contributed by atoms with Crippen LogP contribution in [-0.2, 0) is 9.53 Å². The molecule has 0 saturated heterocycles. The van der Waals surface area contributed by atoms with E-state index in [1.54, 1.807) is 6.92 Å². The van der Waals surface area contributed by atoms with E-state index < -0.39 is 23.4 Å². The molecule has 0 fully saturated rings. The lowest BCUT2D eigenvalue weighted by Crippen LogP contribution is -2.31. The quantitative estimate of drug-likeness (QED) is 0.358. The van der Waals surface area contributed by atoms with Crippen LogP contribution in [0.25, 0.3) is 0 Å². The molecule has 25 heavy (non-hydrogen) atoms. The van der Waals surface area contributed by atoms with Crippen LogP contribution in [0.1, 0.15) is 28.9 Å². The minimum atomic E-state index is -0.899. The fourth-order valence-corrected chi connectivity index (χ4v) is 2.15. The van der Waals surface area contributed by atoms with Gasteiger partial charge >= 0.3 is 5.97 Å². The summed E-state index contributed by atoms with van der Waals surface area (Å²) in [5, 5.41) is 13.4. The van der Waals surface area contributed by atoms with Crippen molar-refractivity contribution in [3.8, 4) is 0 Å². The molecule has 0 aliphatic rings. The highest BCUT2D eigenvalue weighted by atomic mass is 16.6. The number of nitro groups is 1. The summed E-state index contributed by atoms with van der Waals surface area (Å²) in [4.78, 5) is 34.0. The normalized spacial score (nSPS) is 11.4. The molecule has 0 radical (unpaired) electrons. The molecular formula is C17H17N3O5. The molecule has 0 aromatic heterocycles. The zero-order chi connectivity index (χ0) is 18.4. The molecular weight excluding hydrogens is 326 g/mol. The molecule has 1 atom stereocenters. The van der Waals surface area contributed by atoms with Crippen molar-refractivity contribution in [2.45, 2.75) is 13.0 Å². The third-order valence-electron chi connectivity index (χ3n) is 3.48. The van der Waals surface area contributed by atoms with E-state index in [0.717, 1.165) is 11.6 Å². The zero-order valence-electron chi connectivity index (χ0n) is 13.5. The first-order valence-corrected chi connectivity index (χ1v) is 7.44. The van der Waals surface area contributed by atoms with Crippen molar-refractivity contribution in [2.24, 2.45) is 0 Å². The maximum atomic E-state index is 12.0. The van der Waals surface area contributed by atoms with Gasteiger partial charge in [0.25, 0.3) is 11.6 Å². The van der Waals surface area contributed by atoms with Gasteiger partial charge in [0.05, 0.1) is 16.5 Å². The summed E-state index contributed by atoms with van der Waals surface area (Å²) in [5.41, 5.74) is 6.13. The Hall–Kier alpha value is -3.42. The molecule has 3 N–H and O–H groups in total. The summed E-state index contributed by atoms with van der Waals surface area (Å²) < 4.78 is 4.89. The lowest BCUT2D eigenvalue weighted by atomic mass is 10.1. The highest BCUT2D eigenvalue weighted by Gasteiger charge is 2.18. The molecule has 0 spiro atoms. The number of carbonyl (C=O) groups is 2. The van der Waals surface area contributed by atoms with Crippen LogP contribution in [0.15, 0.2) is 48.5 Å². The molecule has 0 aliphatic carbocycles. The molecule has 2 aromatic rings. The van der Waals surface area contributed by atoms with Crippen LogP contribution in [0.4, 0.5) is 11.4 Å². The van der Waals surface area contributed by atoms with Gasteiger partial charge in [-0.2, -0.15) is 0 Å². The van der Waals surface area contributed by atoms with Gasteiger partial charge in [0.1, 0.15) is 0 Å². The van der Waals surface area contributed by atoms with E-state index in [2.05, 4.69) is 5.32 Å². The number of amides is 1. The van der Waals surface area contributed by atoms with Gasteiger partial charge < -0.3 is 15.8 Å². The summed E-state index contributed by atoms with van der Waals surface area (Å²) in [6.07, 6.45) is 0. The van der Waals surface area contributed by atoms with E-state index in [9.17, 15) is 19.7 Å². The Bertz CT molecular complexity index is 792. The maximum Gasteiger partial charge on any atom is 0.341 e. The van der Waals surface area contributed by atoms with Crippen molar-refractivity contribution in [1.29, 1.82) is 0 Å². The highest BCUT2D eigenvalue weighted by Crippen LogP contribution is 2.20. The lowest BCUT2D eigenvalue weighted by molar-refractivity contribution is -0.384. The Morgan fingerprint density at radius 1 is 1.24 bits per heavy atom. The molecule has 1 amide bonds. The summed E-state index contributed by atoms with van der Waals surface area (Å²) in [6.45, 7) is 1.28. The Kier molecular flexibility index (Phi) is 5.67. The smallest absolute Gasteiger partial charge is 0.341 e. The number of nitrogen functional groups attached to an aromatic ring is 1. The van der Waals surface area contributed by atoms with E-state index >= 15 is 0 Å². The van der Waals surface area contributed by atoms with Crippen LogP contribution in [-0.4, -0.2) is 23.4 Å². The number of carbonyl (C=O) groups excluding carboxylic acids is 2. The van der Waals surface area contributed by atoms with Gasteiger partial charge in [-0.05, 0) is 18.6 Å². The molecule has 0 aliphatic heterocycles. The molecule has 0 bridgehead atoms. The number of nitrogens with one attached hydrogen (secondary N) is 1. The van der Waals surface area contributed by atoms with Crippen molar-refractivity contribution < 1.29 is 19.2 Å². The van der Waals surface area contributed by atoms with E-state index in [1.165, 1.54) is 12.1 Å². The number of benzene rings is 2. The van der Waals surface area contributed by atoms with E-state index in [4.69, 9.17) is 10.5 Å². The second-order valence-corrected chi connectivity index (χ2v) is 5.30. The molecule has 0 heterocycles. The first-order valence-electron chi connectivity index (χ1n) is 7.44. The first-order chi connectivity index (χ1) is 11.9. The number of nitrogens with zero attached hydrogens (tertiary/aromatic N) is 1. The van der Waals surface area contributed by atoms with Crippen LogP contribution < -0.4 is 11.1 Å². The van der Waals surface area contributed by atoms with Gasteiger partial charge in [-0.1, -0.05) is 30.3 Å². The van der Waals surface area contributed by atoms with Gasteiger partial charge in [-0.15, -0.1) is 0 Å². The van der Waals surface area contributed by atoms with Crippen molar-refractivity contribution in [1.82, 2.24) is 5.32 Å². The fourth-order valence-electron chi connectivity index (χ4n) is 2.15. The first kappa shape index (κ1) is 17.9. The molecule has 0 saturated carbocycles. The fraction of sp³-hybridized carbons (Fsp3) is 0.176. The predicted octanol–water partition coefficient (Wildman–Crippen LogP) is 2.21. The van der Waals surface area contributed by atoms with Gasteiger partial charge in [-0.3, -0.25) is 14.9 Å². The Morgan fingerprint density at radius 3 is 2.56 bits per heavy atom. The number of non-ortho nitro benzene ring substituents is 1. The van der Waals surface area contributed by atoms with Crippen LogP contribution in [0, 0.1) is 10.1 Å². The minimum absolute atomic E-state index is 0.0358. The van der Waals surface area contributed by atoms with Crippen LogP contribution in [0.5, 0.6) is 0 Å². The monoisotopic (exact) mass is 343 g/mol. The van der Waals surface area contributed by atoms with Gasteiger partial charge in [0, 0.05) is 17.8 Å². The van der Waals surface area contributed by atoms with E-state index in [-0.39, 0.29) is 23.0 Å². The van der Waals surface area contributed by atoms with Crippen molar-refractivity contribution >= 4 is 23.3 Å². The molecule has 8 nitrogen and oxygen atoms in total. The summed E-state index contributed by atoms with van der Waals surface area (Å²) >= 11 is 0. The van der Waals surface area contributed by atoms with E-state index in [1.807, 2.05) is 30.3 Å². The molecule has 2 rings (SSSR count). The topological polar surface area (TPSA) is 125 Å². The van der Waals surface area contributed by atoms with Gasteiger partial charge in [0.15, 0.2) is 6.61 Å². The number of nitrogens with two attached hydrogens (primary N) is 1. The maximum absolute atomic E-state index is 12.0. The van der Waals surface area contributed by atoms with Crippen LogP contribution >= 0.6 is 0 Å². The number of hydrogen-bond donors (Lipinski definition) is 2. The third-order valence-corrected chi connectivity index (χ3v) is 3.48. The number of ether oxygens (including phenoxy) is 1. The second kappa shape index (κ2) is 7.91. The highest BCUT2D eigenvalue weighted by molar-refractivity contribution is 5.97. The van der Waals surface area contributed by atoms with Gasteiger partial charge in [0.2, 0.25) is 0 Å². The lowest BCUT2D eigenvalue weighted by Gasteiger charge is -2.14. The average molecular weight is 343 g/mol. The Balaban J connectivity index is 1.94. The summed E-state index contributed by atoms with van der Waals surface area (Å²) in [7, 11) is 0. The predicted molar refractivity (Wildman–Crippen MR) is 90.8 cm³/mol. The van der Waals surface area contributed by atoms with E-state index in [0.29, 0.717) is 0 Å². The van der Waals surface area contributed by atoms with Gasteiger partial charge in [-0.25, -0.2) is 4.79 Å². The van der Waals surface area contributed by atoms with Crippen molar-refractivity contribution in [2.75, 3.05) is 12.3 Å². The molecule has 2 aromatic carbocycles. The minimum Gasteiger partial charge on any atom is -0.452 e. The number of esters is 1. The van der Waals surface area contributed by atoms with Crippen molar-refractivity contribution in [3.05, 3.63) is 69.8 Å². The number of anilines is 1. The van der Waals surface area contributed by atoms with Crippen molar-refractivity contribution in [3.63, 3.8) is 0 Å². The number of hydrogen-bond acceptors (Lipinski definition) is 6. The SMILES string of the molecule is C[C@H](NC(=O)COC(=O)c1cc([N+](=O)[O-])ccc1N)c1ccccc1. The average Bonchev–Trinajstić information content (AvgIpc) is 2.60. The largest absolute Gasteiger partial charge is 0.452 e. The Morgan fingerprint density at radius 2 is 1.92 bits per heavy atom. The summed E-state index contributed by atoms with van der Waals surface area (Å²) in [6, 6.07) is 12.5. The second-order valence-electron chi connectivity index (χ2n) is 5.30. The van der Waals surface area contributed by atoms with Crippen LogP contribution in [0.3, 0.4) is 0 Å². The number of rotatable bonds is 6. The Labute approximate surface area is 143 Å². The molecule has 0 unspecified atom stereocenters. The summed E-state index contributed by atoms with van der Waals surface area (Å²) in [5.74, 6) is -1.39. The standard InChI is InChI=1S/C17H17N3O5/c1-11(12-5-3-2-4-6-12)19-16(21)10-25-17(22)14-9-13(20(23)24)7-8-15(14)18/h2-9,11H,10,18H2,1H3,(H,19,21)/t11-/m0/s1. The van der Waals surface area contributed by atoms with Crippen LogP contribution in [0.2, 0.25) is 0 Å². The molecule has 130 valence electrons. The number of nitro benzene ring substituents is 1. The zero-order valence-corrected chi connectivity index (χ0v) is 13.5. The molecule has 8 heteroatoms. The third kappa shape index (κ3) is 4.77.